The van der Waals surface area contributed by atoms with Crippen LogP contribution in [-0.4, -0.2) is 20.7 Å². The highest BCUT2D eigenvalue weighted by Gasteiger charge is 2.48. The topological polar surface area (TPSA) is 20.2 Å². The predicted molar refractivity (Wildman–Crippen MR) is 78.6 cm³/mol. The van der Waals surface area contributed by atoms with E-state index in [9.17, 15) is 5.11 Å². The molecular weight excluding hydrogens is 248 g/mol. The molecule has 0 bridgehead atoms. The molecule has 0 aromatic heterocycles. The first-order valence-electron chi connectivity index (χ1n) is 6.18. The van der Waals surface area contributed by atoms with Crippen LogP contribution in [0.15, 0.2) is 30.3 Å². The Kier molecular flexibility index (Phi) is 4.11. The zero-order valence-electron chi connectivity index (χ0n) is 10.5. The molecule has 0 aliphatic carbocycles. The van der Waals surface area contributed by atoms with Gasteiger partial charge in [-0.15, -0.1) is 23.5 Å². The van der Waals surface area contributed by atoms with Crippen molar-refractivity contribution in [3.63, 3.8) is 0 Å². The molecule has 1 aromatic carbocycles. The molecule has 1 aliphatic heterocycles. The predicted octanol–water partition coefficient (Wildman–Crippen LogP) is 3.87. The van der Waals surface area contributed by atoms with Crippen molar-refractivity contribution in [3.05, 3.63) is 35.9 Å². The normalized spacial score (nSPS) is 23.0. The third kappa shape index (κ3) is 2.38. The Bertz CT molecular complexity index is 360. The summed E-state index contributed by atoms with van der Waals surface area (Å²) in [7, 11) is 0. The Morgan fingerprint density at radius 1 is 1.24 bits per heavy atom. The van der Waals surface area contributed by atoms with Crippen LogP contribution in [0.3, 0.4) is 0 Å². The number of rotatable bonds is 3. The van der Waals surface area contributed by atoms with Crippen molar-refractivity contribution in [1.29, 1.82) is 0 Å². The van der Waals surface area contributed by atoms with Crippen LogP contribution in [-0.2, 0) is 5.60 Å². The number of aliphatic hydroxyl groups is 1. The van der Waals surface area contributed by atoms with Gasteiger partial charge in [0.1, 0.15) is 5.60 Å². The highest BCUT2D eigenvalue weighted by Crippen LogP contribution is 2.54. The van der Waals surface area contributed by atoms with Crippen molar-refractivity contribution >= 4 is 23.5 Å². The van der Waals surface area contributed by atoms with Crippen molar-refractivity contribution in [2.24, 2.45) is 0 Å². The molecule has 1 fully saturated rings. The minimum atomic E-state index is -0.732. The molecule has 0 radical (unpaired) electrons. The lowest BCUT2D eigenvalue weighted by molar-refractivity contribution is 0.0242. The largest absolute Gasteiger partial charge is 0.383 e. The quantitative estimate of drug-likeness (QED) is 0.898. The van der Waals surface area contributed by atoms with Crippen LogP contribution < -0.4 is 0 Å². The second-order valence-corrected chi connectivity index (χ2v) is 7.86. The monoisotopic (exact) mass is 268 g/mol. The van der Waals surface area contributed by atoms with E-state index in [1.54, 1.807) is 0 Å². The van der Waals surface area contributed by atoms with Crippen molar-refractivity contribution in [2.75, 3.05) is 11.5 Å². The summed E-state index contributed by atoms with van der Waals surface area (Å²) in [6.07, 6.45) is 2.01. The van der Waals surface area contributed by atoms with Gasteiger partial charge in [0.05, 0.1) is 4.08 Å². The lowest BCUT2D eigenvalue weighted by Crippen LogP contribution is -2.46. The Labute approximate surface area is 112 Å². The van der Waals surface area contributed by atoms with E-state index in [4.69, 9.17) is 0 Å². The van der Waals surface area contributed by atoms with E-state index in [1.807, 2.05) is 53.9 Å². The first kappa shape index (κ1) is 13.3. The van der Waals surface area contributed by atoms with E-state index < -0.39 is 5.60 Å². The molecule has 0 saturated carbocycles. The smallest absolute Gasteiger partial charge is 0.113 e. The number of hydrogen-bond donors (Lipinski definition) is 1. The summed E-state index contributed by atoms with van der Waals surface area (Å²) in [5, 5.41) is 11.1. The molecule has 17 heavy (non-hydrogen) atoms. The SMILES string of the molecule is CC[C@@](O)(c1ccccc1)C1(C)SCCCS1. The summed E-state index contributed by atoms with van der Waals surface area (Å²) in [5.41, 5.74) is 0.316. The van der Waals surface area contributed by atoms with Crippen molar-refractivity contribution in [2.45, 2.75) is 36.4 Å². The molecule has 1 saturated heterocycles. The van der Waals surface area contributed by atoms with Gasteiger partial charge >= 0.3 is 0 Å². The first-order chi connectivity index (χ1) is 8.12. The Morgan fingerprint density at radius 2 is 1.82 bits per heavy atom. The van der Waals surface area contributed by atoms with Crippen LogP contribution in [0.1, 0.15) is 32.3 Å². The maximum atomic E-state index is 11.1. The van der Waals surface area contributed by atoms with Crippen molar-refractivity contribution in [1.82, 2.24) is 0 Å². The number of thioether (sulfide) groups is 2. The Hall–Kier alpha value is -0.120. The second-order valence-electron chi connectivity index (χ2n) is 4.58. The number of benzene rings is 1. The molecule has 1 N–H and O–H groups in total. The lowest BCUT2D eigenvalue weighted by atomic mass is 9.88. The van der Waals surface area contributed by atoms with Crippen molar-refractivity contribution < 1.29 is 5.11 Å². The van der Waals surface area contributed by atoms with E-state index in [1.165, 1.54) is 6.42 Å². The molecule has 1 heterocycles. The second kappa shape index (κ2) is 5.25. The van der Waals surface area contributed by atoms with Gasteiger partial charge in [-0.1, -0.05) is 37.3 Å². The molecule has 1 atom stereocenters. The first-order valence-corrected chi connectivity index (χ1v) is 8.15. The fourth-order valence-corrected chi connectivity index (χ4v) is 5.75. The molecular formula is C14H20OS2. The Morgan fingerprint density at radius 3 is 2.35 bits per heavy atom. The summed E-state index contributed by atoms with van der Waals surface area (Å²) in [5.74, 6) is 2.30. The molecule has 0 amide bonds. The highest BCUT2D eigenvalue weighted by atomic mass is 32.2. The molecule has 1 aromatic rings. The van der Waals surface area contributed by atoms with Gasteiger partial charge in [0, 0.05) is 0 Å². The van der Waals surface area contributed by atoms with Gasteiger partial charge in [-0.2, -0.15) is 0 Å². The molecule has 0 unspecified atom stereocenters. The minimum absolute atomic E-state index is 0.124. The average molecular weight is 268 g/mol. The highest BCUT2D eigenvalue weighted by molar-refractivity contribution is 8.18. The van der Waals surface area contributed by atoms with Gasteiger partial charge in [0.2, 0.25) is 0 Å². The van der Waals surface area contributed by atoms with Crippen LogP contribution in [0.5, 0.6) is 0 Å². The zero-order chi connectivity index (χ0) is 12.4. The van der Waals surface area contributed by atoms with E-state index in [0.29, 0.717) is 0 Å². The van der Waals surface area contributed by atoms with Crippen LogP contribution in [0.2, 0.25) is 0 Å². The van der Waals surface area contributed by atoms with Crippen LogP contribution in [0.25, 0.3) is 0 Å². The average Bonchev–Trinajstić information content (AvgIpc) is 2.39. The van der Waals surface area contributed by atoms with Gasteiger partial charge in [-0.3, -0.25) is 0 Å². The summed E-state index contributed by atoms with van der Waals surface area (Å²) in [6.45, 7) is 4.27. The van der Waals surface area contributed by atoms with Crippen molar-refractivity contribution in [3.8, 4) is 0 Å². The lowest BCUT2D eigenvalue weighted by Gasteiger charge is -2.46. The fourth-order valence-electron chi connectivity index (χ4n) is 2.37. The fraction of sp³-hybridized carbons (Fsp3) is 0.571. The third-order valence-electron chi connectivity index (χ3n) is 3.56. The molecule has 3 heteroatoms. The third-order valence-corrected chi connectivity index (χ3v) is 7.03. The zero-order valence-corrected chi connectivity index (χ0v) is 12.1. The molecule has 1 aliphatic rings. The molecule has 1 nitrogen and oxygen atoms in total. The summed E-state index contributed by atoms with van der Waals surface area (Å²) >= 11 is 3.81. The maximum absolute atomic E-state index is 11.1. The van der Waals surface area contributed by atoms with Gasteiger partial charge in [0.15, 0.2) is 0 Å². The maximum Gasteiger partial charge on any atom is 0.113 e. The summed E-state index contributed by atoms with van der Waals surface area (Å²) in [4.78, 5) is 0. The van der Waals surface area contributed by atoms with Crippen LogP contribution >= 0.6 is 23.5 Å². The van der Waals surface area contributed by atoms with Crippen LogP contribution in [0, 0.1) is 0 Å². The van der Waals surface area contributed by atoms with E-state index in [0.717, 1.165) is 23.5 Å². The van der Waals surface area contributed by atoms with Gasteiger partial charge < -0.3 is 5.11 Å². The van der Waals surface area contributed by atoms with Gasteiger partial charge in [-0.05, 0) is 36.8 Å². The minimum Gasteiger partial charge on any atom is -0.383 e. The number of hydrogen-bond acceptors (Lipinski definition) is 3. The Balaban J connectivity index is 2.36. The summed E-state index contributed by atoms with van der Waals surface area (Å²) < 4.78 is -0.124. The molecule has 94 valence electrons. The standard InChI is InChI=1S/C14H20OS2/c1-3-14(15,12-8-5-4-6-9-12)13(2)16-10-7-11-17-13/h4-6,8-9,15H,3,7,10-11H2,1-2H3/t14-/m1/s1. The molecule has 0 spiro atoms. The van der Waals surface area contributed by atoms with Gasteiger partial charge in [0.25, 0.3) is 0 Å². The van der Waals surface area contributed by atoms with Crippen LogP contribution in [0.4, 0.5) is 0 Å². The van der Waals surface area contributed by atoms with E-state index in [2.05, 4.69) is 13.8 Å². The molecule has 2 rings (SSSR count). The van der Waals surface area contributed by atoms with E-state index >= 15 is 0 Å². The summed E-state index contributed by atoms with van der Waals surface area (Å²) in [6, 6.07) is 10.1. The van der Waals surface area contributed by atoms with E-state index in [-0.39, 0.29) is 4.08 Å². The van der Waals surface area contributed by atoms with Gasteiger partial charge in [-0.25, -0.2) is 0 Å².